The first-order valence-corrected chi connectivity index (χ1v) is 17.2. The van der Waals surface area contributed by atoms with Gasteiger partial charge in [0.25, 0.3) is 0 Å². The zero-order chi connectivity index (χ0) is 31.2. The molecule has 0 aromatic heterocycles. The second-order valence-electron chi connectivity index (χ2n) is 12.4. The van der Waals surface area contributed by atoms with Gasteiger partial charge in [-0.3, -0.25) is 0 Å². The summed E-state index contributed by atoms with van der Waals surface area (Å²) in [5, 5.41) is 10.2. The minimum atomic E-state index is 1.01. The van der Waals surface area contributed by atoms with Crippen LogP contribution in [0.15, 0.2) is 180 Å². The minimum Gasteiger partial charge on any atom is -0.0976 e. The molecule has 0 amide bonds. The fourth-order valence-electron chi connectivity index (χ4n) is 7.19. The van der Waals surface area contributed by atoms with Crippen molar-refractivity contribution in [2.24, 2.45) is 0 Å². The summed E-state index contributed by atoms with van der Waals surface area (Å²) in [6.07, 6.45) is 2.03. The molecule has 0 nitrogen and oxygen atoms in total. The lowest BCUT2D eigenvalue weighted by molar-refractivity contribution is 1.05. The van der Waals surface area contributed by atoms with Gasteiger partial charge in [0.05, 0.1) is 0 Å². The molecular weight excluding hydrogens is 585 g/mol. The Morgan fingerprint density at radius 1 is 0.298 bits per heavy atom. The van der Waals surface area contributed by atoms with Gasteiger partial charge in [-0.2, -0.15) is 0 Å². The molecule has 1 aliphatic rings. The molecule has 47 heavy (non-hydrogen) atoms. The summed E-state index contributed by atoms with van der Waals surface area (Å²) in [5.41, 5.74) is 7.80. The second-order valence-corrected chi connectivity index (χ2v) is 13.6. The van der Waals surface area contributed by atoms with Crippen LogP contribution >= 0.6 is 11.8 Å². The van der Waals surface area contributed by atoms with Crippen molar-refractivity contribution in [2.45, 2.75) is 12.8 Å². The average molecular weight is 617 g/mol. The number of allylic oxidation sites excluding steroid dienone is 2. The van der Waals surface area contributed by atoms with Crippen molar-refractivity contribution in [2.75, 3.05) is 0 Å². The molecule has 0 saturated carbocycles. The van der Waals surface area contributed by atoms with Crippen LogP contribution in [0.5, 0.6) is 0 Å². The summed E-state index contributed by atoms with van der Waals surface area (Å²) in [6.45, 7) is 0. The number of hydrogen-bond acceptors (Lipinski definition) is 1. The van der Waals surface area contributed by atoms with Crippen LogP contribution in [0.4, 0.5) is 0 Å². The summed E-state index contributed by atoms with van der Waals surface area (Å²) >= 11 is 1.99. The van der Waals surface area contributed by atoms with Gasteiger partial charge in [-0.1, -0.05) is 157 Å². The molecule has 1 saturated heterocycles. The smallest absolute Gasteiger partial charge is 0.00121 e. The molecular formula is C46H32S. The lowest BCUT2D eigenvalue weighted by atomic mass is 9.91. The summed E-state index contributed by atoms with van der Waals surface area (Å²) in [4.78, 5) is 2.87. The van der Waals surface area contributed by atoms with Gasteiger partial charge in [0.1, 0.15) is 0 Å². The molecule has 9 rings (SSSR count). The molecule has 8 aromatic carbocycles. The predicted octanol–water partition coefficient (Wildman–Crippen LogP) is 13.0. The van der Waals surface area contributed by atoms with E-state index in [9.17, 15) is 0 Å². The zero-order valence-corrected chi connectivity index (χ0v) is 26.8. The van der Waals surface area contributed by atoms with E-state index in [1.807, 2.05) is 11.8 Å². The highest BCUT2D eigenvalue weighted by molar-refractivity contribution is 8.07. The molecule has 0 aliphatic carbocycles. The molecule has 0 N–H and O–H groups in total. The van der Waals surface area contributed by atoms with E-state index in [-0.39, 0.29) is 0 Å². The molecule has 1 heteroatoms. The molecule has 0 unspecified atom stereocenters. The largest absolute Gasteiger partial charge is 0.0976 e. The molecule has 0 radical (unpaired) electrons. The Kier molecular flexibility index (Phi) is 6.99. The second kappa shape index (κ2) is 11.8. The van der Waals surface area contributed by atoms with Crippen molar-refractivity contribution in [1.29, 1.82) is 0 Å². The van der Waals surface area contributed by atoms with Crippen molar-refractivity contribution >= 4 is 66.0 Å². The van der Waals surface area contributed by atoms with Crippen LogP contribution in [0.3, 0.4) is 0 Å². The molecule has 8 aromatic rings. The van der Waals surface area contributed by atoms with Crippen molar-refractivity contribution in [3.05, 3.63) is 202 Å². The standard InChI is InChI=1S/C46H32S/c1-5-13-35-27-39(21-17-31(35)9-1)45(40-22-18-32-10-2-6-14-36(32)28-40)43-25-26-44(47-43)46(41-23-19-33-11-3-7-15-37(33)29-41)42-24-20-34-12-4-8-16-38(34)30-42/h1-24,27-30H,25-26H2. The van der Waals surface area contributed by atoms with E-state index in [1.165, 1.54) is 86.3 Å². The Hall–Kier alpha value is -5.37. The summed E-state index contributed by atoms with van der Waals surface area (Å²) in [5.74, 6) is 0. The van der Waals surface area contributed by atoms with Crippen LogP contribution in [-0.2, 0) is 0 Å². The van der Waals surface area contributed by atoms with Crippen molar-refractivity contribution < 1.29 is 0 Å². The van der Waals surface area contributed by atoms with E-state index in [1.54, 1.807) is 0 Å². The van der Waals surface area contributed by atoms with Crippen LogP contribution in [0.25, 0.3) is 54.2 Å². The first-order valence-electron chi connectivity index (χ1n) is 16.4. The van der Waals surface area contributed by atoms with Crippen LogP contribution in [0, 0.1) is 0 Å². The fourth-order valence-corrected chi connectivity index (χ4v) is 8.57. The molecule has 0 atom stereocenters. The Bertz CT molecular complexity index is 2210. The molecule has 1 heterocycles. The van der Waals surface area contributed by atoms with Gasteiger partial charge in [0, 0.05) is 0 Å². The van der Waals surface area contributed by atoms with Gasteiger partial charge in [-0.15, -0.1) is 0 Å². The Morgan fingerprint density at radius 2 is 0.553 bits per heavy atom. The maximum Gasteiger partial charge on any atom is -0.00121 e. The predicted molar refractivity (Wildman–Crippen MR) is 205 cm³/mol. The third-order valence-electron chi connectivity index (χ3n) is 9.54. The topological polar surface area (TPSA) is 0 Å². The lowest BCUT2D eigenvalue weighted by Gasteiger charge is -2.16. The molecule has 1 aliphatic heterocycles. The fraction of sp³-hybridized carbons (Fsp3) is 0.0435. The van der Waals surface area contributed by atoms with Gasteiger partial charge in [-0.25, -0.2) is 0 Å². The van der Waals surface area contributed by atoms with E-state index >= 15 is 0 Å². The monoisotopic (exact) mass is 616 g/mol. The quantitative estimate of drug-likeness (QED) is 0.190. The molecule has 0 spiro atoms. The molecule has 222 valence electrons. The minimum absolute atomic E-state index is 1.01. The maximum absolute atomic E-state index is 2.38. The van der Waals surface area contributed by atoms with E-state index in [0.717, 1.165) is 12.8 Å². The highest BCUT2D eigenvalue weighted by Gasteiger charge is 2.25. The van der Waals surface area contributed by atoms with E-state index in [2.05, 4.69) is 170 Å². The van der Waals surface area contributed by atoms with Gasteiger partial charge in [0.15, 0.2) is 0 Å². The van der Waals surface area contributed by atoms with Gasteiger partial charge >= 0.3 is 0 Å². The average Bonchev–Trinajstić information content (AvgIpc) is 3.60. The zero-order valence-electron chi connectivity index (χ0n) is 26.0. The first-order chi connectivity index (χ1) is 23.3. The summed E-state index contributed by atoms with van der Waals surface area (Å²) in [6, 6.07) is 62.6. The first kappa shape index (κ1) is 27.9. The highest BCUT2D eigenvalue weighted by Crippen LogP contribution is 2.51. The van der Waals surface area contributed by atoms with Crippen molar-refractivity contribution in [3.8, 4) is 0 Å². The SMILES string of the molecule is c1ccc2cc(C(=C3CCC(=C(c4ccc5ccccc5c4)c4ccc5ccccc5c4)S3)c3ccc4ccccc4c3)ccc2c1. The number of thioether (sulfide) groups is 1. The van der Waals surface area contributed by atoms with Gasteiger partial charge < -0.3 is 0 Å². The number of benzene rings is 8. The van der Waals surface area contributed by atoms with E-state index < -0.39 is 0 Å². The lowest BCUT2D eigenvalue weighted by Crippen LogP contribution is -1.93. The van der Waals surface area contributed by atoms with Gasteiger partial charge in [0.2, 0.25) is 0 Å². The Balaban J connectivity index is 1.26. The van der Waals surface area contributed by atoms with E-state index in [4.69, 9.17) is 0 Å². The number of rotatable bonds is 4. The normalized spacial score (nSPS) is 13.2. The number of fused-ring (bicyclic) bond motifs is 4. The maximum atomic E-state index is 2.38. The van der Waals surface area contributed by atoms with Crippen LogP contribution < -0.4 is 0 Å². The summed E-state index contributed by atoms with van der Waals surface area (Å²) < 4.78 is 0. The molecule has 0 bridgehead atoms. The third-order valence-corrected chi connectivity index (χ3v) is 10.8. The molecule has 1 fully saturated rings. The third kappa shape index (κ3) is 5.23. The van der Waals surface area contributed by atoms with Crippen molar-refractivity contribution in [3.63, 3.8) is 0 Å². The van der Waals surface area contributed by atoms with Crippen LogP contribution in [0.1, 0.15) is 35.1 Å². The Morgan fingerprint density at radius 3 is 0.830 bits per heavy atom. The highest BCUT2D eigenvalue weighted by atomic mass is 32.2. The summed E-state index contributed by atoms with van der Waals surface area (Å²) in [7, 11) is 0. The van der Waals surface area contributed by atoms with Crippen molar-refractivity contribution in [1.82, 2.24) is 0 Å². The van der Waals surface area contributed by atoms with Crippen LogP contribution in [-0.4, -0.2) is 0 Å². The van der Waals surface area contributed by atoms with Gasteiger partial charge in [-0.05, 0) is 123 Å². The van der Waals surface area contributed by atoms with E-state index in [0.29, 0.717) is 0 Å². The van der Waals surface area contributed by atoms with Crippen LogP contribution in [0.2, 0.25) is 0 Å². The number of hydrogen-bond donors (Lipinski definition) is 0. The Labute approximate surface area is 279 Å².